The zero-order valence-electron chi connectivity index (χ0n) is 14.4. The third kappa shape index (κ3) is 3.71. The van der Waals surface area contributed by atoms with Gasteiger partial charge in [0.25, 0.3) is 5.56 Å². The van der Waals surface area contributed by atoms with Gasteiger partial charge in [0.1, 0.15) is 5.60 Å². The number of ether oxygens (including phenoxy) is 1. The number of rotatable bonds is 2. The summed E-state index contributed by atoms with van der Waals surface area (Å²) in [5.74, 6) is 0. The molecule has 25 heavy (non-hydrogen) atoms. The van der Waals surface area contributed by atoms with Gasteiger partial charge < -0.3 is 4.74 Å². The van der Waals surface area contributed by atoms with E-state index in [-0.39, 0.29) is 5.56 Å². The predicted octanol–water partition coefficient (Wildman–Crippen LogP) is 4.15. The molecule has 0 aliphatic carbocycles. The summed E-state index contributed by atoms with van der Waals surface area (Å²) in [5.41, 5.74) is 3.02. The number of carbonyl (C=O) groups excluding carboxylic acids is 1. The number of nitrogens with zero attached hydrogens (tertiary/aromatic N) is 1. The number of fused-ring (bicyclic) bond motifs is 1. The number of hydrogen-bond acceptors (Lipinski definition) is 3. The van der Waals surface area contributed by atoms with Crippen LogP contribution in [-0.4, -0.2) is 16.4 Å². The molecule has 3 aromatic rings. The lowest BCUT2D eigenvalue weighted by Gasteiger charge is -2.21. The summed E-state index contributed by atoms with van der Waals surface area (Å²) < 4.78 is 6.53. The molecule has 1 amide bonds. The summed E-state index contributed by atoms with van der Waals surface area (Å²) in [6.45, 7) is 5.32. The molecule has 1 heterocycles. The Kier molecular flexibility index (Phi) is 4.31. The first-order valence-electron chi connectivity index (χ1n) is 8.05. The summed E-state index contributed by atoms with van der Waals surface area (Å²) in [5, 5.41) is 1.34. The average Bonchev–Trinajstić information content (AvgIpc) is 2.56. The first kappa shape index (κ1) is 16.8. The van der Waals surface area contributed by atoms with E-state index in [0.717, 1.165) is 10.9 Å². The minimum absolute atomic E-state index is 0.303. The van der Waals surface area contributed by atoms with Crippen molar-refractivity contribution in [3.8, 4) is 11.3 Å². The quantitative estimate of drug-likeness (QED) is 0.714. The van der Waals surface area contributed by atoms with Crippen molar-refractivity contribution in [1.29, 1.82) is 0 Å². The second-order valence-corrected chi connectivity index (χ2v) is 6.74. The molecular weight excluding hydrogens is 318 g/mol. The number of aromatic nitrogens is 1. The zero-order chi connectivity index (χ0) is 18.0. The van der Waals surface area contributed by atoms with Crippen molar-refractivity contribution in [3.63, 3.8) is 0 Å². The zero-order valence-corrected chi connectivity index (χ0v) is 14.4. The fourth-order valence-corrected chi connectivity index (χ4v) is 2.58. The third-order valence-corrected chi connectivity index (χ3v) is 3.60. The van der Waals surface area contributed by atoms with Crippen LogP contribution in [0.1, 0.15) is 20.8 Å². The van der Waals surface area contributed by atoms with E-state index < -0.39 is 11.7 Å². The van der Waals surface area contributed by atoms with Crippen LogP contribution in [0.3, 0.4) is 0 Å². The van der Waals surface area contributed by atoms with Gasteiger partial charge in [-0.15, -0.1) is 0 Å². The molecular formula is C20H20N2O3. The normalized spacial score (nSPS) is 11.3. The molecule has 1 aromatic heterocycles. The van der Waals surface area contributed by atoms with Gasteiger partial charge in [0.05, 0.1) is 5.69 Å². The molecule has 5 nitrogen and oxygen atoms in total. The van der Waals surface area contributed by atoms with Gasteiger partial charge in [-0.1, -0.05) is 48.5 Å². The van der Waals surface area contributed by atoms with E-state index in [0.29, 0.717) is 11.1 Å². The molecule has 5 heteroatoms. The second-order valence-electron chi connectivity index (χ2n) is 6.74. The number of benzene rings is 2. The van der Waals surface area contributed by atoms with Gasteiger partial charge in [0.2, 0.25) is 0 Å². The molecule has 1 N–H and O–H groups in total. The van der Waals surface area contributed by atoms with E-state index in [1.54, 1.807) is 32.9 Å². The topological polar surface area (TPSA) is 60.3 Å². The van der Waals surface area contributed by atoms with E-state index in [2.05, 4.69) is 5.43 Å². The van der Waals surface area contributed by atoms with E-state index >= 15 is 0 Å². The molecule has 0 atom stereocenters. The number of amides is 1. The summed E-state index contributed by atoms with van der Waals surface area (Å²) in [6, 6.07) is 18.6. The van der Waals surface area contributed by atoms with Crippen molar-refractivity contribution >= 4 is 16.9 Å². The Morgan fingerprint density at radius 2 is 1.68 bits per heavy atom. The van der Waals surface area contributed by atoms with Gasteiger partial charge in [-0.2, -0.15) is 0 Å². The Bertz CT molecular complexity index is 970. The maximum Gasteiger partial charge on any atom is 0.427 e. The lowest BCUT2D eigenvalue weighted by atomic mass is 10.1. The number of pyridine rings is 1. The third-order valence-electron chi connectivity index (χ3n) is 3.60. The highest BCUT2D eigenvalue weighted by Crippen LogP contribution is 2.21. The van der Waals surface area contributed by atoms with Crippen molar-refractivity contribution < 1.29 is 9.53 Å². The standard InChI is InChI=1S/C20H20N2O3/c1-20(2,3)25-19(24)21-22-17(14-9-5-4-6-10-14)13-15-11-7-8-12-16(15)18(22)23/h4-13H,1-3H3,(H,21,24)/i23+2. The predicted molar refractivity (Wildman–Crippen MR) is 99.2 cm³/mol. The SMILES string of the molecule is CC(C)(C)OC(=O)Nn1c(-c2ccccc2)cc2ccccc2c1=[18O]. The minimum atomic E-state index is -0.679. The Morgan fingerprint density at radius 1 is 1.04 bits per heavy atom. The molecule has 2 aromatic carbocycles. The van der Waals surface area contributed by atoms with Crippen LogP contribution in [0.15, 0.2) is 65.5 Å². The monoisotopic (exact) mass is 338 g/mol. The van der Waals surface area contributed by atoms with Crippen LogP contribution in [0.4, 0.5) is 4.79 Å². The van der Waals surface area contributed by atoms with Crippen LogP contribution in [0.5, 0.6) is 0 Å². The van der Waals surface area contributed by atoms with Gasteiger partial charge in [-0.05, 0) is 38.3 Å². The van der Waals surface area contributed by atoms with Crippen LogP contribution >= 0.6 is 0 Å². The largest absolute Gasteiger partial charge is 0.443 e. The number of carbonyl (C=O) groups is 1. The fourth-order valence-electron chi connectivity index (χ4n) is 2.58. The lowest BCUT2D eigenvalue weighted by molar-refractivity contribution is 0.0613. The highest BCUT2D eigenvalue weighted by atomic mass is 18.1. The Morgan fingerprint density at radius 3 is 2.36 bits per heavy atom. The van der Waals surface area contributed by atoms with Crippen LogP contribution in [0.25, 0.3) is 22.0 Å². The van der Waals surface area contributed by atoms with Gasteiger partial charge in [0, 0.05) is 10.9 Å². The van der Waals surface area contributed by atoms with E-state index in [4.69, 9.17) is 4.74 Å². The molecule has 0 unspecified atom stereocenters. The lowest BCUT2D eigenvalue weighted by Crippen LogP contribution is -2.37. The van der Waals surface area contributed by atoms with Crippen LogP contribution in [0, 0.1) is 0 Å². The highest BCUT2D eigenvalue weighted by molar-refractivity contribution is 5.87. The molecule has 0 fully saturated rings. The summed E-state index contributed by atoms with van der Waals surface area (Å²) in [6.07, 6.45) is -0.679. The van der Waals surface area contributed by atoms with Gasteiger partial charge >= 0.3 is 6.09 Å². The van der Waals surface area contributed by atoms with Crippen LogP contribution in [-0.2, 0) is 4.74 Å². The number of hydrogen-bond donors (Lipinski definition) is 1. The molecule has 0 bridgehead atoms. The Labute approximate surface area is 145 Å². The smallest absolute Gasteiger partial charge is 0.427 e. The second kappa shape index (κ2) is 6.43. The van der Waals surface area contributed by atoms with Crippen molar-refractivity contribution in [2.24, 2.45) is 0 Å². The van der Waals surface area contributed by atoms with Crippen molar-refractivity contribution in [1.82, 2.24) is 4.68 Å². The van der Waals surface area contributed by atoms with Crippen molar-refractivity contribution in [3.05, 3.63) is 71.0 Å². The highest BCUT2D eigenvalue weighted by Gasteiger charge is 2.19. The van der Waals surface area contributed by atoms with E-state index in [1.165, 1.54) is 4.68 Å². The van der Waals surface area contributed by atoms with Crippen LogP contribution < -0.4 is 11.0 Å². The maximum absolute atomic E-state index is 12.9. The summed E-state index contributed by atoms with van der Waals surface area (Å²) >= 11 is 0. The molecule has 128 valence electrons. The van der Waals surface area contributed by atoms with Gasteiger partial charge in [-0.25, -0.2) is 14.9 Å². The first-order chi connectivity index (χ1) is 11.8. The molecule has 0 saturated carbocycles. The minimum Gasteiger partial charge on any atom is -0.443 e. The summed E-state index contributed by atoms with van der Waals surface area (Å²) in [7, 11) is 0. The first-order valence-corrected chi connectivity index (χ1v) is 8.05. The fraction of sp³-hybridized carbons (Fsp3) is 0.200. The van der Waals surface area contributed by atoms with Crippen molar-refractivity contribution in [2.75, 3.05) is 5.43 Å². The van der Waals surface area contributed by atoms with Gasteiger partial charge in [0.15, 0.2) is 0 Å². The van der Waals surface area contributed by atoms with E-state index in [9.17, 15) is 9.59 Å². The van der Waals surface area contributed by atoms with Crippen molar-refractivity contribution in [2.45, 2.75) is 26.4 Å². The number of nitrogens with one attached hydrogen (secondary N) is 1. The molecule has 0 spiro atoms. The molecule has 0 saturated heterocycles. The molecule has 0 aliphatic heterocycles. The Hall–Kier alpha value is -3.08. The Balaban J connectivity index is 2.16. The maximum atomic E-state index is 12.9. The van der Waals surface area contributed by atoms with Gasteiger partial charge in [-0.3, -0.25) is 4.79 Å². The molecule has 0 aliphatic rings. The molecule has 3 rings (SSSR count). The summed E-state index contributed by atoms with van der Waals surface area (Å²) in [4.78, 5) is 25.1. The van der Waals surface area contributed by atoms with Crippen LogP contribution in [0.2, 0.25) is 0 Å². The van der Waals surface area contributed by atoms with E-state index in [1.807, 2.05) is 48.5 Å². The average molecular weight is 338 g/mol. The molecule has 0 radical (unpaired) electrons.